The maximum atomic E-state index is 12.6. The van der Waals surface area contributed by atoms with Gasteiger partial charge in [-0.25, -0.2) is 13.1 Å². The van der Waals surface area contributed by atoms with Crippen LogP contribution >= 0.6 is 0 Å². The van der Waals surface area contributed by atoms with Crippen LogP contribution in [0.4, 0.5) is 0 Å². The first-order chi connectivity index (χ1) is 12.0. The molecule has 1 aliphatic heterocycles. The number of likely N-dealkylation sites (tertiary alicyclic amines) is 1. The summed E-state index contributed by atoms with van der Waals surface area (Å²) in [6.07, 6.45) is 6.26. The molecule has 138 valence electrons. The number of carbonyl (C=O) groups is 1. The predicted molar refractivity (Wildman–Crippen MR) is 97.6 cm³/mol. The summed E-state index contributed by atoms with van der Waals surface area (Å²) in [5.74, 6) is 0.672. The molecule has 3 rings (SSSR count). The quantitative estimate of drug-likeness (QED) is 0.873. The molecule has 1 atom stereocenters. The molecule has 2 aliphatic rings. The van der Waals surface area contributed by atoms with Crippen LogP contribution in [0.3, 0.4) is 0 Å². The summed E-state index contributed by atoms with van der Waals surface area (Å²) >= 11 is 0. The topological polar surface area (TPSA) is 66.5 Å². The number of benzene rings is 1. The van der Waals surface area contributed by atoms with Crippen LogP contribution < -0.4 is 4.72 Å². The van der Waals surface area contributed by atoms with Gasteiger partial charge in [0.1, 0.15) is 0 Å². The molecule has 1 saturated carbocycles. The molecule has 25 heavy (non-hydrogen) atoms. The maximum absolute atomic E-state index is 12.6. The zero-order valence-electron chi connectivity index (χ0n) is 14.9. The van der Waals surface area contributed by atoms with E-state index in [0.29, 0.717) is 18.0 Å². The van der Waals surface area contributed by atoms with Gasteiger partial charge in [0.15, 0.2) is 0 Å². The van der Waals surface area contributed by atoms with Crippen LogP contribution in [0.5, 0.6) is 0 Å². The van der Waals surface area contributed by atoms with Gasteiger partial charge in [-0.2, -0.15) is 0 Å². The van der Waals surface area contributed by atoms with Crippen molar-refractivity contribution in [3.05, 3.63) is 29.8 Å². The van der Waals surface area contributed by atoms with Crippen molar-refractivity contribution >= 4 is 15.9 Å². The molecular formula is C19H28N2O3S. The largest absolute Gasteiger partial charge is 0.342 e. The van der Waals surface area contributed by atoms with Gasteiger partial charge in [-0.1, -0.05) is 30.5 Å². The number of aryl methyl sites for hydroxylation is 1. The Balaban J connectivity index is 1.55. The molecule has 1 aliphatic carbocycles. The number of amides is 1. The van der Waals surface area contributed by atoms with Crippen molar-refractivity contribution in [3.63, 3.8) is 0 Å². The van der Waals surface area contributed by atoms with Gasteiger partial charge >= 0.3 is 0 Å². The molecule has 1 aromatic carbocycles. The lowest BCUT2D eigenvalue weighted by molar-refractivity contribution is -0.137. The molecule has 0 bridgehead atoms. The third-order valence-corrected chi connectivity index (χ3v) is 6.87. The van der Waals surface area contributed by atoms with Crippen molar-refractivity contribution in [1.82, 2.24) is 9.62 Å². The highest BCUT2D eigenvalue weighted by Crippen LogP contribution is 2.28. The third-order valence-electron chi connectivity index (χ3n) is 5.43. The summed E-state index contributed by atoms with van der Waals surface area (Å²) in [6.45, 7) is 3.81. The van der Waals surface area contributed by atoms with Crippen molar-refractivity contribution in [2.45, 2.75) is 50.3 Å². The zero-order valence-corrected chi connectivity index (χ0v) is 15.7. The fourth-order valence-electron chi connectivity index (χ4n) is 3.89. The summed E-state index contributed by atoms with van der Waals surface area (Å²) in [5.41, 5.74) is 1.03. The molecule has 0 spiro atoms. The van der Waals surface area contributed by atoms with E-state index in [4.69, 9.17) is 0 Å². The summed E-state index contributed by atoms with van der Waals surface area (Å²) in [6, 6.07) is 6.87. The van der Waals surface area contributed by atoms with E-state index >= 15 is 0 Å². The average Bonchev–Trinajstić information content (AvgIpc) is 3.15. The summed E-state index contributed by atoms with van der Waals surface area (Å²) < 4.78 is 27.6. The van der Waals surface area contributed by atoms with Gasteiger partial charge in [-0.3, -0.25) is 4.79 Å². The Kier molecular flexibility index (Phi) is 5.79. The minimum Gasteiger partial charge on any atom is -0.342 e. The van der Waals surface area contributed by atoms with Gasteiger partial charge in [0.25, 0.3) is 0 Å². The van der Waals surface area contributed by atoms with Crippen LogP contribution in [0.25, 0.3) is 0 Å². The van der Waals surface area contributed by atoms with Crippen LogP contribution in [0.2, 0.25) is 0 Å². The number of hydrogen-bond donors (Lipinski definition) is 1. The van der Waals surface area contributed by atoms with Crippen molar-refractivity contribution in [2.75, 3.05) is 19.6 Å². The fraction of sp³-hybridized carbons (Fsp3) is 0.632. The normalized spacial score (nSPS) is 22.3. The fourth-order valence-corrected chi connectivity index (χ4v) is 5.01. The summed E-state index contributed by atoms with van der Waals surface area (Å²) in [4.78, 5) is 14.8. The van der Waals surface area contributed by atoms with Gasteiger partial charge in [0, 0.05) is 25.6 Å². The van der Waals surface area contributed by atoms with E-state index in [9.17, 15) is 13.2 Å². The Labute approximate surface area is 150 Å². The number of nitrogens with one attached hydrogen (secondary N) is 1. The van der Waals surface area contributed by atoms with E-state index in [0.717, 1.165) is 50.6 Å². The number of nitrogens with zero attached hydrogens (tertiary/aromatic N) is 1. The molecule has 0 aromatic heterocycles. The monoisotopic (exact) mass is 364 g/mol. The second kappa shape index (κ2) is 7.87. The molecule has 0 radical (unpaired) electrons. The average molecular weight is 365 g/mol. The Hall–Kier alpha value is -1.40. The number of sulfonamides is 1. The molecule has 1 heterocycles. The van der Waals surface area contributed by atoms with E-state index < -0.39 is 10.0 Å². The zero-order chi connectivity index (χ0) is 17.9. The van der Waals surface area contributed by atoms with E-state index in [1.54, 1.807) is 24.3 Å². The Morgan fingerprint density at radius 1 is 1.12 bits per heavy atom. The van der Waals surface area contributed by atoms with Crippen molar-refractivity contribution in [2.24, 2.45) is 11.8 Å². The van der Waals surface area contributed by atoms with E-state index in [-0.39, 0.29) is 17.7 Å². The van der Waals surface area contributed by atoms with Crippen LogP contribution in [-0.2, 0) is 14.8 Å². The number of piperidine rings is 1. The second-order valence-corrected chi connectivity index (χ2v) is 9.21. The highest BCUT2D eigenvalue weighted by molar-refractivity contribution is 7.89. The standard InChI is InChI=1S/C19H28N2O3S/c1-15-8-10-18(11-9-15)25(23,24)20-13-16-5-4-12-21(14-16)19(22)17-6-2-3-7-17/h8-11,16-17,20H,2-7,12-14H2,1H3. The Morgan fingerprint density at radius 2 is 1.80 bits per heavy atom. The highest BCUT2D eigenvalue weighted by atomic mass is 32.2. The molecule has 2 fully saturated rings. The highest BCUT2D eigenvalue weighted by Gasteiger charge is 2.31. The lowest BCUT2D eigenvalue weighted by atomic mass is 9.96. The van der Waals surface area contributed by atoms with Gasteiger partial charge in [0.05, 0.1) is 4.90 Å². The molecule has 1 amide bonds. The van der Waals surface area contributed by atoms with E-state index in [1.807, 2.05) is 11.8 Å². The first-order valence-corrected chi connectivity index (χ1v) is 10.8. The molecule has 1 saturated heterocycles. The van der Waals surface area contributed by atoms with Crippen molar-refractivity contribution < 1.29 is 13.2 Å². The SMILES string of the molecule is Cc1ccc(S(=O)(=O)NCC2CCCN(C(=O)C3CCCC3)C2)cc1. The van der Waals surface area contributed by atoms with Gasteiger partial charge in [-0.15, -0.1) is 0 Å². The van der Waals surface area contributed by atoms with E-state index in [1.165, 1.54) is 0 Å². The molecule has 1 unspecified atom stereocenters. The number of rotatable bonds is 5. The Bertz CT molecular complexity index is 694. The van der Waals surface area contributed by atoms with Gasteiger partial charge < -0.3 is 4.90 Å². The van der Waals surface area contributed by atoms with E-state index in [2.05, 4.69) is 4.72 Å². The van der Waals surface area contributed by atoms with Gasteiger partial charge in [-0.05, 0) is 50.7 Å². The first-order valence-electron chi connectivity index (χ1n) is 9.31. The maximum Gasteiger partial charge on any atom is 0.240 e. The molecule has 5 nitrogen and oxygen atoms in total. The molecule has 1 aromatic rings. The number of carbonyl (C=O) groups excluding carboxylic acids is 1. The summed E-state index contributed by atoms with van der Waals surface area (Å²) in [7, 11) is -3.48. The molecular weight excluding hydrogens is 336 g/mol. The Morgan fingerprint density at radius 3 is 2.48 bits per heavy atom. The first kappa shape index (κ1) is 18.4. The van der Waals surface area contributed by atoms with Crippen LogP contribution in [0, 0.1) is 18.8 Å². The van der Waals surface area contributed by atoms with Crippen LogP contribution in [0.15, 0.2) is 29.2 Å². The van der Waals surface area contributed by atoms with Crippen LogP contribution in [-0.4, -0.2) is 38.9 Å². The minimum absolute atomic E-state index is 0.194. The molecule has 1 N–H and O–H groups in total. The lowest BCUT2D eigenvalue weighted by Crippen LogP contribution is -2.45. The predicted octanol–water partition coefficient (Wildman–Crippen LogP) is 2.70. The van der Waals surface area contributed by atoms with Gasteiger partial charge in [0.2, 0.25) is 15.9 Å². The smallest absolute Gasteiger partial charge is 0.240 e. The van der Waals surface area contributed by atoms with Crippen molar-refractivity contribution in [3.8, 4) is 0 Å². The third kappa shape index (κ3) is 4.61. The minimum atomic E-state index is -3.48. The number of hydrogen-bond acceptors (Lipinski definition) is 3. The molecule has 6 heteroatoms. The summed E-state index contributed by atoms with van der Waals surface area (Å²) in [5, 5.41) is 0. The lowest BCUT2D eigenvalue weighted by Gasteiger charge is -2.34. The van der Waals surface area contributed by atoms with Crippen molar-refractivity contribution in [1.29, 1.82) is 0 Å². The second-order valence-electron chi connectivity index (χ2n) is 7.44. The van der Waals surface area contributed by atoms with Crippen LogP contribution in [0.1, 0.15) is 44.1 Å².